The standard InChI is InChI=1S/C18H17N5O3S/c19-18-16-7-9-23(11-17(16)21-12-22-18)27(24,25)15-5-3-13(4-6-15)26-14-2-1-8-20-10-14/h1-6,8,10,12H,7,9,11H2,(H2,19,21,22). The van der Waals surface area contributed by atoms with Crippen LogP contribution in [0.1, 0.15) is 11.3 Å². The fraction of sp³-hybridized carbons (Fsp3) is 0.167. The van der Waals surface area contributed by atoms with E-state index in [1.165, 1.54) is 22.8 Å². The van der Waals surface area contributed by atoms with E-state index in [-0.39, 0.29) is 11.4 Å². The Labute approximate surface area is 156 Å². The number of fused-ring (bicyclic) bond motifs is 1. The first-order valence-electron chi connectivity index (χ1n) is 8.30. The SMILES string of the molecule is Nc1ncnc2c1CCN(S(=O)(=O)c1ccc(Oc3cccnc3)cc1)C2. The molecule has 0 amide bonds. The molecule has 0 aliphatic carbocycles. The van der Waals surface area contributed by atoms with Crippen LogP contribution in [0.15, 0.2) is 60.0 Å². The predicted octanol–water partition coefficient (Wildman–Crippen LogP) is 1.99. The van der Waals surface area contributed by atoms with E-state index in [9.17, 15) is 8.42 Å². The number of ether oxygens (including phenoxy) is 1. The van der Waals surface area contributed by atoms with Crippen molar-refractivity contribution in [2.45, 2.75) is 17.9 Å². The van der Waals surface area contributed by atoms with Crippen LogP contribution in [0.2, 0.25) is 0 Å². The summed E-state index contributed by atoms with van der Waals surface area (Å²) in [6.45, 7) is 0.513. The van der Waals surface area contributed by atoms with E-state index in [1.54, 1.807) is 36.7 Å². The van der Waals surface area contributed by atoms with Gasteiger partial charge in [-0.25, -0.2) is 18.4 Å². The molecule has 0 saturated heterocycles. The lowest BCUT2D eigenvalue weighted by molar-refractivity contribution is 0.385. The first-order chi connectivity index (χ1) is 13.0. The normalized spacial score (nSPS) is 14.5. The Kier molecular flexibility index (Phi) is 4.46. The lowest BCUT2D eigenvalue weighted by Crippen LogP contribution is -2.36. The molecule has 1 aliphatic heterocycles. The van der Waals surface area contributed by atoms with Crippen molar-refractivity contribution in [2.75, 3.05) is 12.3 Å². The Bertz CT molecular complexity index is 1060. The second-order valence-electron chi connectivity index (χ2n) is 6.03. The summed E-state index contributed by atoms with van der Waals surface area (Å²) in [4.78, 5) is 12.3. The van der Waals surface area contributed by atoms with Crippen molar-refractivity contribution in [3.8, 4) is 11.5 Å². The number of anilines is 1. The summed E-state index contributed by atoms with van der Waals surface area (Å²) >= 11 is 0. The molecule has 1 aliphatic rings. The molecule has 4 rings (SSSR count). The highest BCUT2D eigenvalue weighted by molar-refractivity contribution is 7.89. The van der Waals surface area contributed by atoms with Crippen LogP contribution in [0.4, 0.5) is 5.82 Å². The summed E-state index contributed by atoms with van der Waals surface area (Å²) in [5, 5.41) is 0. The van der Waals surface area contributed by atoms with Crippen molar-refractivity contribution >= 4 is 15.8 Å². The van der Waals surface area contributed by atoms with Crippen LogP contribution < -0.4 is 10.5 Å². The minimum atomic E-state index is -3.64. The van der Waals surface area contributed by atoms with Gasteiger partial charge < -0.3 is 10.5 Å². The number of nitrogen functional groups attached to an aromatic ring is 1. The minimum absolute atomic E-state index is 0.179. The Morgan fingerprint density at radius 3 is 2.63 bits per heavy atom. The number of aromatic nitrogens is 3. The van der Waals surface area contributed by atoms with Crippen LogP contribution >= 0.6 is 0 Å². The minimum Gasteiger partial charge on any atom is -0.456 e. The van der Waals surface area contributed by atoms with Crippen LogP contribution in [0.25, 0.3) is 0 Å². The summed E-state index contributed by atoms with van der Waals surface area (Å²) in [5.41, 5.74) is 7.32. The van der Waals surface area contributed by atoms with Gasteiger partial charge in [0.15, 0.2) is 0 Å². The Balaban J connectivity index is 1.54. The third-order valence-electron chi connectivity index (χ3n) is 4.34. The van der Waals surface area contributed by atoms with Gasteiger partial charge in [-0.2, -0.15) is 4.31 Å². The molecule has 0 spiro atoms. The molecule has 0 bridgehead atoms. The van der Waals surface area contributed by atoms with Gasteiger partial charge in [-0.15, -0.1) is 0 Å². The molecule has 2 aromatic heterocycles. The molecular formula is C18H17N5O3S. The number of benzene rings is 1. The monoisotopic (exact) mass is 383 g/mol. The molecule has 0 saturated carbocycles. The lowest BCUT2D eigenvalue weighted by atomic mass is 10.1. The maximum atomic E-state index is 13.0. The maximum Gasteiger partial charge on any atom is 0.243 e. The molecule has 138 valence electrons. The molecule has 0 radical (unpaired) electrons. The zero-order valence-electron chi connectivity index (χ0n) is 14.3. The number of rotatable bonds is 4. The number of pyridine rings is 1. The van der Waals surface area contributed by atoms with Crippen molar-refractivity contribution in [1.82, 2.24) is 19.3 Å². The lowest BCUT2D eigenvalue weighted by Gasteiger charge is -2.27. The number of nitrogens with two attached hydrogens (primary N) is 1. The topological polar surface area (TPSA) is 111 Å². The van der Waals surface area contributed by atoms with Gasteiger partial charge in [0.1, 0.15) is 23.6 Å². The first kappa shape index (κ1) is 17.4. The largest absolute Gasteiger partial charge is 0.456 e. The molecule has 27 heavy (non-hydrogen) atoms. The fourth-order valence-corrected chi connectivity index (χ4v) is 4.34. The van der Waals surface area contributed by atoms with Gasteiger partial charge >= 0.3 is 0 Å². The Morgan fingerprint density at radius 1 is 1.07 bits per heavy atom. The number of sulfonamides is 1. The highest BCUT2D eigenvalue weighted by Gasteiger charge is 2.30. The van der Waals surface area contributed by atoms with Crippen molar-refractivity contribution in [3.05, 3.63) is 66.4 Å². The van der Waals surface area contributed by atoms with Gasteiger partial charge in [0, 0.05) is 18.3 Å². The van der Waals surface area contributed by atoms with Crippen LogP contribution in [-0.2, 0) is 23.0 Å². The Morgan fingerprint density at radius 2 is 1.89 bits per heavy atom. The van der Waals surface area contributed by atoms with Crippen molar-refractivity contribution < 1.29 is 13.2 Å². The molecule has 0 fully saturated rings. The van der Waals surface area contributed by atoms with Crippen LogP contribution in [0.3, 0.4) is 0 Å². The first-order valence-corrected chi connectivity index (χ1v) is 9.74. The molecule has 9 heteroatoms. The second kappa shape index (κ2) is 6.93. The highest BCUT2D eigenvalue weighted by Crippen LogP contribution is 2.27. The van der Waals surface area contributed by atoms with Gasteiger partial charge in [-0.3, -0.25) is 4.98 Å². The summed E-state index contributed by atoms with van der Waals surface area (Å²) in [6.07, 6.45) is 5.08. The summed E-state index contributed by atoms with van der Waals surface area (Å²) in [5.74, 6) is 1.53. The van der Waals surface area contributed by atoms with Gasteiger partial charge in [-0.05, 0) is 42.8 Å². The molecule has 3 aromatic rings. The summed E-state index contributed by atoms with van der Waals surface area (Å²) < 4.78 is 33.0. The molecule has 1 aromatic carbocycles. The van der Waals surface area contributed by atoms with E-state index < -0.39 is 10.0 Å². The van der Waals surface area contributed by atoms with Crippen molar-refractivity contribution in [2.24, 2.45) is 0 Å². The third kappa shape index (κ3) is 3.46. The van der Waals surface area contributed by atoms with Gasteiger partial charge in [-0.1, -0.05) is 0 Å². The van der Waals surface area contributed by atoms with E-state index in [4.69, 9.17) is 10.5 Å². The molecule has 2 N–H and O–H groups in total. The van der Waals surface area contributed by atoms with Gasteiger partial charge in [0.05, 0.1) is 23.3 Å². The fourth-order valence-electron chi connectivity index (χ4n) is 2.93. The number of hydrogen-bond donors (Lipinski definition) is 1. The van der Waals surface area contributed by atoms with E-state index in [1.807, 2.05) is 0 Å². The molecule has 8 nitrogen and oxygen atoms in total. The third-order valence-corrected chi connectivity index (χ3v) is 6.20. The van der Waals surface area contributed by atoms with E-state index in [0.717, 1.165) is 5.56 Å². The quantitative estimate of drug-likeness (QED) is 0.733. The van der Waals surface area contributed by atoms with Crippen LogP contribution in [0, 0.1) is 0 Å². The smallest absolute Gasteiger partial charge is 0.243 e. The zero-order chi connectivity index (χ0) is 18.9. The van der Waals surface area contributed by atoms with E-state index in [0.29, 0.717) is 36.0 Å². The summed E-state index contributed by atoms with van der Waals surface area (Å²) in [7, 11) is -3.64. The van der Waals surface area contributed by atoms with Crippen LogP contribution in [-0.4, -0.2) is 34.2 Å². The van der Waals surface area contributed by atoms with E-state index in [2.05, 4.69) is 15.0 Å². The average Bonchev–Trinajstić information content (AvgIpc) is 2.69. The summed E-state index contributed by atoms with van der Waals surface area (Å²) in [6, 6.07) is 9.85. The van der Waals surface area contributed by atoms with Crippen LogP contribution in [0.5, 0.6) is 11.5 Å². The Hall–Kier alpha value is -3.04. The number of nitrogens with zero attached hydrogens (tertiary/aromatic N) is 4. The van der Waals surface area contributed by atoms with E-state index >= 15 is 0 Å². The predicted molar refractivity (Wildman–Crippen MR) is 98.5 cm³/mol. The van der Waals surface area contributed by atoms with Gasteiger partial charge in [0.25, 0.3) is 0 Å². The highest BCUT2D eigenvalue weighted by atomic mass is 32.2. The molecule has 0 unspecified atom stereocenters. The molecule has 3 heterocycles. The zero-order valence-corrected chi connectivity index (χ0v) is 15.1. The average molecular weight is 383 g/mol. The molecular weight excluding hydrogens is 366 g/mol. The maximum absolute atomic E-state index is 13.0. The van der Waals surface area contributed by atoms with Crippen molar-refractivity contribution in [1.29, 1.82) is 0 Å². The van der Waals surface area contributed by atoms with Gasteiger partial charge in [0.2, 0.25) is 10.0 Å². The molecule has 0 atom stereocenters. The number of hydrogen-bond acceptors (Lipinski definition) is 7. The second-order valence-corrected chi connectivity index (χ2v) is 7.97. The van der Waals surface area contributed by atoms with Crippen molar-refractivity contribution in [3.63, 3.8) is 0 Å².